The second kappa shape index (κ2) is 5.85. The van der Waals surface area contributed by atoms with Crippen molar-refractivity contribution in [1.29, 1.82) is 0 Å². The zero-order valence-corrected chi connectivity index (χ0v) is 11.8. The van der Waals surface area contributed by atoms with Gasteiger partial charge in [-0.1, -0.05) is 11.6 Å². The molecule has 1 saturated heterocycles. The summed E-state index contributed by atoms with van der Waals surface area (Å²) >= 11 is 7.61. The topological polar surface area (TPSA) is 40.5 Å². The van der Waals surface area contributed by atoms with Crippen molar-refractivity contribution < 1.29 is 9.90 Å². The third-order valence-corrected chi connectivity index (χ3v) is 4.63. The Kier molecular flexibility index (Phi) is 4.40. The van der Waals surface area contributed by atoms with Crippen molar-refractivity contribution in [1.82, 2.24) is 4.90 Å². The molecule has 0 bridgehead atoms. The van der Waals surface area contributed by atoms with Crippen LogP contribution in [0.1, 0.15) is 23.2 Å². The van der Waals surface area contributed by atoms with Crippen LogP contribution in [0.15, 0.2) is 18.2 Å². The van der Waals surface area contributed by atoms with Crippen LogP contribution in [0.25, 0.3) is 0 Å². The van der Waals surface area contributed by atoms with Crippen LogP contribution in [-0.4, -0.2) is 40.5 Å². The maximum Gasteiger partial charge on any atom is 0.257 e. The summed E-state index contributed by atoms with van der Waals surface area (Å²) in [5.74, 6) is -0.150. The number of carbonyl (C=O) groups is 1. The number of hydrogen-bond donors (Lipinski definition) is 1. The third-order valence-electron chi connectivity index (χ3n) is 3.25. The summed E-state index contributed by atoms with van der Waals surface area (Å²) in [7, 11) is 0. The third kappa shape index (κ3) is 2.93. The molecule has 18 heavy (non-hydrogen) atoms. The van der Waals surface area contributed by atoms with E-state index in [0.717, 1.165) is 25.9 Å². The van der Waals surface area contributed by atoms with Crippen molar-refractivity contribution >= 4 is 29.3 Å². The predicted molar refractivity (Wildman–Crippen MR) is 75.6 cm³/mol. The molecule has 0 aliphatic carbocycles. The van der Waals surface area contributed by atoms with E-state index in [1.807, 2.05) is 11.8 Å². The summed E-state index contributed by atoms with van der Waals surface area (Å²) in [6.45, 7) is 1.51. The summed E-state index contributed by atoms with van der Waals surface area (Å²) < 4.78 is 0. The van der Waals surface area contributed by atoms with Gasteiger partial charge in [-0.2, -0.15) is 11.8 Å². The second-order valence-electron chi connectivity index (χ2n) is 4.39. The Bertz CT molecular complexity index is 445. The van der Waals surface area contributed by atoms with Crippen LogP contribution in [0.4, 0.5) is 0 Å². The maximum atomic E-state index is 12.2. The van der Waals surface area contributed by atoms with Crippen molar-refractivity contribution in [2.45, 2.75) is 18.1 Å². The van der Waals surface area contributed by atoms with E-state index >= 15 is 0 Å². The van der Waals surface area contributed by atoms with Crippen LogP contribution in [0.2, 0.25) is 5.02 Å². The van der Waals surface area contributed by atoms with Crippen molar-refractivity contribution in [3.8, 4) is 5.75 Å². The smallest absolute Gasteiger partial charge is 0.257 e. The van der Waals surface area contributed by atoms with E-state index < -0.39 is 0 Å². The fourth-order valence-corrected chi connectivity index (χ4v) is 3.00. The number of likely N-dealkylation sites (tertiary alicyclic amines) is 1. The summed E-state index contributed by atoms with van der Waals surface area (Å²) in [5, 5.41) is 10.8. The standard InChI is InChI=1S/C13H16ClNO2S/c1-18-10-4-6-15(7-5-10)13(17)11-3-2-9(14)8-12(11)16/h2-3,8,10,16H,4-7H2,1H3. The number of benzene rings is 1. The first-order chi connectivity index (χ1) is 8.61. The minimum Gasteiger partial charge on any atom is -0.507 e. The van der Waals surface area contributed by atoms with Crippen molar-refractivity contribution in [2.24, 2.45) is 0 Å². The van der Waals surface area contributed by atoms with Gasteiger partial charge in [-0.15, -0.1) is 0 Å². The van der Waals surface area contributed by atoms with Gasteiger partial charge in [0.05, 0.1) is 5.56 Å². The second-order valence-corrected chi connectivity index (χ2v) is 5.96. The monoisotopic (exact) mass is 285 g/mol. The molecule has 1 aromatic carbocycles. The number of aromatic hydroxyl groups is 1. The number of thioether (sulfide) groups is 1. The average molecular weight is 286 g/mol. The number of rotatable bonds is 2. The summed E-state index contributed by atoms with van der Waals surface area (Å²) in [4.78, 5) is 14.0. The van der Waals surface area contributed by atoms with Crippen molar-refractivity contribution in [2.75, 3.05) is 19.3 Å². The highest BCUT2D eigenvalue weighted by atomic mass is 35.5. The number of phenols is 1. The molecule has 1 heterocycles. The van der Waals surface area contributed by atoms with Crippen LogP contribution in [0.5, 0.6) is 5.75 Å². The number of amides is 1. The largest absolute Gasteiger partial charge is 0.507 e. The van der Waals surface area contributed by atoms with Crippen LogP contribution in [0, 0.1) is 0 Å². The quantitative estimate of drug-likeness (QED) is 0.908. The summed E-state index contributed by atoms with van der Waals surface area (Å²) in [5.41, 5.74) is 0.335. The molecule has 1 amide bonds. The van der Waals surface area contributed by atoms with E-state index in [0.29, 0.717) is 15.8 Å². The first-order valence-electron chi connectivity index (χ1n) is 5.92. The van der Waals surface area contributed by atoms with E-state index in [1.165, 1.54) is 6.07 Å². The van der Waals surface area contributed by atoms with Gasteiger partial charge in [-0.3, -0.25) is 4.79 Å². The number of phenolic OH excluding ortho intramolecular Hbond substituents is 1. The molecule has 98 valence electrons. The molecule has 1 fully saturated rings. The first kappa shape index (κ1) is 13.6. The Hall–Kier alpha value is -0.870. The van der Waals surface area contributed by atoms with Crippen molar-refractivity contribution in [3.05, 3.63) is 28.8 Å². The number of hydrogen-bond acceptors (Lipinski definition) is 3. The predicted octanol–water partition coefficient (Wildman–Crippen LogP) is 3.01. The number of halogens is 1. The first-order valence-corrected chi connectivity index (χ1v) is 7.59. The van der Waals surface area contributed by atoms with Crippen LogP contribution in [0.3, 0.4) is 0 Å². The molecule has 1 N–H and O–H groups in total. The fourth-order valence-electron chi connectivity index (χ4n) is 2.15. The molecule has 0 saturated carbocycles. The average Bonchev–Trinajstić information content (AvgIpc) is 2.38. The van der Waals surface area contributed by atoms with E-state index in [1.54, 1.807) is 17.0 Å². The van der Waals surface area contributed by atoms with Crippen LogP contribution >= 0.6 is 23.4 Å². The van der Waals surface area contributed by atoms with Gasteiger partial charge in [0.1, 0.15) is 5.75 Å². The highest BCUT2D eigenvalue weighted by Crippen LogP contribution is 2.26. The molecule has 1 aromatic rings. The van der Waals surface area contributed by atoms with Crippen LogP contribution < -0.4 is 0 Å². The molecule has 3 nitrogen and oxygen atoms in total. The van der Waals surface area contributed by atoms with Gasteiger partial charge in [0.25, 0.3) is 5.91 Å². The van der Waals surface area contributed by atoms with Gasteiger partial charge in [-0.25, -0.2) is 0 Å². The Morgan fingerprint density at radius 1 is 1.44 bits per heavy atom. The van der Waals surface area contributed by atoms with E-state index in [2.05, 4.69) is 6.26 Å². The van der Waals surface area contributed by atoms with Crippen LogP contribution in [-0.2, 0) is 0 Å². The molecule has 0 unspecified atom stereocenters. The fraction of sp³-hybridized carbons (Fsp3) is 0.462. The van der Waals surface area contributed by atoms with E-state index in [9.17, 15) is 9.90 Å². The zero-order chi connectivity index (χ0) is 13.1. The van der Waals surface area contributed by atoms with Crippen molar-refractivity contribution in [3.63, 3.8) is 0 Å². The van der Waals surface area contributed by atoms with E-state index in [-0.39, 0.29) is 11.7 Å². The molecular weight excluding hydrogens is 270 g/mol. The Morgan fingerprint density at radius 3 is 2.67 bits per heavy atom. The summed E-state index contributed by atoms with van der Waals surface area (Å²) in [6.07, 6.45) is 4.13. The van der Waals surface area contributed by atoms with Gasteiger partial charge in [0.15, 0.2) is 0 Å². The molecule has 0 aromatic heterocycles. The lowest BCUT2D eigenvalue weighted by molar-refractivity contribution is 0.0724. The Morgan fingerprint density at radius 2 is 2.11 bits per heavy atom. The molecule has 1 aliphatic heterocycles. The molecule has 0 radical (unpaired) electrons. The highest BCUT2D eigenvalue weighted by molar-refractivity contribution is 7.99. The molecule has 0 atom stereocenters. The molecule has 0 spiro atoms. The van der Waals surface area contributed by atoms with Gasteiger partial charge in [-0.05, 0) is 37.3 Å². The molecular formula is C13H16ClNO2S. The van der Waals surface area contributed by atoms with E-state index in [4.69, 9.17) is 11.6 Å². The minimum absolute atomic E-state index is 0.0421. The lowest BCUT2D eigenvalue weighted by Crippen LogP contribution is -2.39. The molecule has 2 rings (SSSR count). The number of piperidine rings is 1. The van der Waals surface area contributed by atoms with Gasteiger partial charge in [0.2, 0.25) is 0 Å². The lowest BCUT2D eigenvalue weighted by atomic mass is 10.1. The Labute approximate surface area is 116 Å². The van der Waals surface area contributed by atoms with Gasteiger partial charge < -0.3 is 10.0 Å². The lowest BCUT2D eigenvalue weighted by Gasteiger charge is -2.31. The maximum absolute atomic E-state index is 12.2. The molecule has 1 aliphatic rings. The molecule has 5 heteroatoms. The zero-order valence-electron chi connectivity index (χ0n) is 10.2. The highest BCUT2D eigenvalue weighted by Gasteiger charge is 2.24. The number of nitrogens with zero attached hydrogens (tertiary/aromatic N) is 1. The summed E-state index contributed by atoms with van der Waals surface area (Å²) in [6, 6.07) is 4.62. The SMILES string of the molecule is CSC1CCN(C(=O)c2ccc(Cl)cc2O)CC1. The number of carbonyl (C=O) groups excluding carboxylic acids is 1. The normalized spacial score (nSPS) is 16.9. The Balaban J connectivity index is 2.08. The van der Waals surface area contributed by atoms with Gasteiger partial charge in [0, 0.05) is 23.4 Å². The van der Waals surface area contributed by atoms with Gasteiger partial charge >= 0.3 is 0 Å². The minimum atomic E-state index is -0.108.